The molecule has 12 heteroatoms. The number of hydrogen-bond donors (Lipinski definition) is 0. The van der Waals surface area contributed by atoms with E-state index in [0.717, 1.165) is 0 Å². The van der Waals surface area contributed by atoms with Gasteiger partial charge in [0.15, 0.2) is 0 Å². The van der Waals surface area contributed by atoms with Crippen LogP contribution in [0.2, 0.25) is 0 Å². The highest BCUT2D eigenvalue weighted by Gasteiger charge is 2.87. The quantitative estimate of drug-likeness (QED) is 0.543. The maximum absolute atomic E-state index is 11.8. The number of carbonyl (C=O) groups is 1. The Bertz CT molecular complexity index is 259. The summed E-state index contributed by atoms with van der Waals surface area (Å²) in [5.74, 6) is 0. The molecule has 2 nitrogen and oxygen atoms in total. The summed E-state index contributed by atoms with van der Waals surface area (Å²) >= 11 is 0. The normalized spacial score (nSPS) is 14.7. The van der Waals surface area contributed by atoms with Crippen LogP contribution >= 0.6 is 0 Å². The van der Waals surface area contributed by atoms with Gasteiger partial charge >= 0.3 is 30.4 Å². The summed E-state index contributed by atoms with van der Waals surface area (Å²) in [6, 6.07) is 0. The molecular weight excluding hydrogens is 282 g/mol. The first-order chi connectivity index (χ1) is 7.17. The summed E-state index contributed by atoms with van der Waals surface area (Å²) in [5, 5.41) is 0. The van der Waals surface area contributed by atoms with E-state index >= 15 is 0 Å². The van der Waals surface area contributed by atoms with Gasteiger partial charge in [0, 0.05) is 0 Å². The first kappa shape index (κ1) is 15.8. The van der Waals surface area contributed by atoms with Crippen LogP contribution in [0.5, 0.6) is 0 Å². The molecule has 0 aromatic heterocycles. The van der Waals surface area contributed by atoms with E-state index in [9.17, 15) is 48.7 Å². The average molecular weight is 282 g/mol. The van der Waals surface area contributed by atoms with Crippen LogP contribution in [-0.2, 0) is 4.74 Å². The van der Waals surface area contributed by atoms with E-state index < -0.39 is 30.4 Å². The molecule has 0 saturated carbocycles. The second-order valence-electron chi connectivity index (χ2n) is 2.51. The first-order valence-electron chi connectivity index (χ1n) is 3.25. The first-order valence-corrected chi connectivity index (χ1v) is 3.25. The third-order valence-corrected chi connectivity index (χ3v) is 1.43. The minimum atomic E-state index is -7.12. The molecule has 0 saturated heterocycles. The van der Waals surface area contributed by atoms with Gasteiger partial charge in [-0.25, -0.2) is 4.79 Å². The molecule has 0 aromatic carbocycles. The Morgan fingerprint density at radius 3 is 1.00 bits per heavy atom. The van der Waals surface area contributed by atoms with Crippen molar-refractivity contribution in [3.8, 4) is 0 Å². The van der Waals surface area contributed by atoms with Crippen molar-refractivity contribution in [2.75, 3.05) is 0 Å². The lowest BCUT2D eigenvalue weighted by Crippen LogP contribution is -2.68. The molecular formula is C5F10O2. The van der Waals surface area contributed by atoms with Gasteiger partial charge in [-0.05, 0) is 0 Å². The van der Waals surface area contributed by atoms with Gasteiger partial charge in [-0.2, -0.15) is 39.5 Å². The summed E-state index contributed by atoms with van der Waals surface area (Å²) in [5.41, 5.74) is -6.89. The van der Waals surface area contributed by atoms with Gasteiger partial charge in [-0.3, -0.25) is 0 Å². The third kappa shape index (κ3) is 2.54. The zero-order valence-electron chi connectivity index (χ0n) is 7.10. The highest BCUT2D eigenvalue weighted by atomic mass is 19.4. The van der Waals surface area contributed by atoms with E-state index in [1.54, 1.807) is 0 Å². The second-order valence-corrected chi connectivity index (χ2v) is 2.51. The summed E-state index contributed by atoms with van der Waals surface area (Å²) in [4.78, 5) is 9.41. The fourth-order valence-electron chi connectivity index (χ4n) is 0.776. The average Bonchev–Trinajstić information content (AvgIpc) is 1.91. The summed E-state index contributed by atoms with van der Waals surface area (Å²) in [7, 11) is 0. The number of ether oxygens (including phenoxy) is 1. The lowest BCUT2D eigenvalue weighted by molar-refractivity contribution is -0.444. The molecule has 0 N–H and O–H groups in total. The SMILES string of the molecule is O=C(F)OC(C(F)(F)F)(C(F)(F)F)C(F)(F)F. The number of alkyl halides is 9. The van der Waals surface area contributed by atoms with Crippen molar-refractivity contribution in [1.82, 2.24) is 0 Å². The van der Waals surface area contributed by atoms with Crippen molar-refractivity contribution in [1.29, 1.82) is 0 Å². The largest absolute Gasteiger partial charge is 0.496 e. The molecule has 0 aliphatic carbocycles. The molecule has 0 aromatic rings. The maximum atomic E-state index is 11.8. The van der Waals surface area contributed by atoms with Crippen molar-refractivity contribution in [2.24, 2.45) is 0 Å². The third-order valence-electron chi connectivity index (χ3n) is 1.43. The van der Waals surface area contributed by atoms with Crippen LogP contribution in [-0.4, -0.2) is 30.4 Å². The van der Waals surface area contributed by atoms with Crippen molar-refractivity contribution in [3.05, 3.63) is 0 Å². The summed E-state index contributed by atoms with van der Waals surface area (Å²) in [6.45, 7) is 0. The predicted molar refractivity (Wildman–Crippen MR) is 28.5 cm³/mol. The predicted octanol–water partition coefficient (Wildman–Crippen LogP) is 3.52. The molecule has 17 heavy (non-hydrogen) atoms. The van der Waals surface area contributed by atoms with Gasteiger partial charge < -0.3 is 4.74 Å². The fourth-order valence-corrected chi connectivity index (χ4v) is 0.776. The van der Waals surface area contributed by atoms with E-state index in [0.29, 0.717) is 0 Å². The van der Waals surface area contributed by atoms with Crippen molar-refractivity contribution in [3.63, 3.8) is 0 Å². The molecule has 0 unspecified atom stereocenters. The van der Waals surface area contributed by atoms with Gasteiger partial charge in [0.25, 0.3) is 0 Å². The standard InChI is InChI=1S/C5F10O2/c6-1(16)17-2(3(7,8)9,4(10,11)12)5(13,14)15. The number of halogens is 10. The summed E-state index contributed by atoms with van der Waals surface area (Å²) < 4.78 is 120. The Balaban J connectivity index is 6.02. The highest BCUT2D eigenvalue weighted by molar-refractivity contribution is 5.59. The molecule has 0 bridgehead atoms. The second kappa shape index (κ2) is 3.91. The Hall–Kier alpha value is -1.23. The van der Waals surface area contributed by atoms with Crippen LogP contribution in [0.15, 0.2) is 0 Å². The Kier molecular flexibility index (Phi) is 3.63. The minimum absolute atomic E-state index is 1.85. The number of rotatable bonds is 1. The van der Waals surface area contributed by atoms with Gasteiger partial charge in [0.1, 0.15) is 0 Å². The highest BCUT2D eigenvalue weighted by Crippen LogP contribution is 2.54. The molecule has 0 radical (unpaired) electrons. The van der Waals surface area contributed by atoms with Crippen LogP contribution in [0.25, 0.3) is 0 Å². The fraction of sp³-hybridized carbons (Fsp3) is 0.800. The minimum Gasteiger partial charge on any atom is -0.406 e. The Labute approximate surface area is 85.1 Å². The molecule has 0 heterocycles. The van der Waals surface area contributed by atoms with Gasteiger partial charge in [-0.1, -0.05) is 0 Å². The molecule has 0 amide bonds. The zero-order valence-corrected chi connectivity index (χ0v) is 7.10. The molecule has 0 atom stereocenters. The number of carbonyl (C=O) groups excluding carboxylic acids is 1. The molecule has 0 rings (SSSR count). The van der Waals surface area contributed by atoms with E-state index in [2.05, 4.69) is 0 Å². The van der Waals surface area contributed by atoms with Crippen LogP contribution in [0.4, 0.5) is 48.7 Å². The molecule has 0 fully saturated rings. The van der Waals surface area contributed by atoms with Crippen molar-refractivity contribution >= 4 is 6.22 Å². The van der Waals surface area contributed by atoms with E-state index in [4.69, 9.17) is 0 Å². The van der Waals surface area contributed by atoms with Gasteiger partial charge in [0.2, 0.25) is 0 Å². The van der Waals surface area contributed by atoms with Crippen LogP contribution in [0.1, 0.15) is 0 Å². The van der Waals surface area contributed by atoms with Crippen LogP contribution in [0.3, 0.4) is 0 Å². The monoisotopic (exact) mass is 282 g/mol. The topological polar surface area (TPSA) is 26.3 Å². The Morgan fingerprint density at radius 1 is 0.706 bits per heavy atom. The maximum Gasteiger partial charge on any atom is 0.496 e. The molecule has 0 aliphatic rings. The van der Waals surface area contributed by atoms with E-state index in [1.807, 2.05) is 4.74 Å². The molecule has 0 aliphatic heterocycles. The van der Waals surface area contributed by atoms with Gasteiger partial charge in [0.05, 0.1) is 0 Å². The lowest BCUT2D eigenvalue weighted by atomic mass is 10.0. The van der Waals surface area contributed by atoms with Gasteiger partial charge in [-0.15, -0.1) is 4.39 Å². The summed E-state index contributed by atoms with van der Waals surface area (Å²) in [6.07, 6.45) is -25.2. The molecule has 102 valence electrons. The van der Waals surface area contributed by atoms with Crippen LogP contribution in [0, 0.1) is 0 Å². The molecule has 0 spiro atoms. The zero-order chi connectivity index (χ0) is 14.3. The van der Waals surface area contributed by atoms with Crippen molar-refractivity contribution < 1.29 is 53.4 Å². The van der Waals surface area contributed by atoms with E-state index in [1.165, 1.54) is 0 Å². The van der Waals surface area contributed by atoms with Crippen molar-refractivity contribution in [2.45, 2.75) is 24.1 Å². The lowest BCUT2D eigenvalue weighted by Gasteiger charge is -2.36. The van der Waals surface area contributed by atoms with E-state index in [-0.39, 0.29) is 0 Å². The Morgan fingerprint density at radius 2 is 0.941 bits per heavy atom. The van der Waals surface area contributed by atoms with Crippen LogP contribution < -0.4 is 0 Å². The number of hydrogen-bond acceptors (Lipinski definition) is 2. The smallest absolute Gasteiger partial charge is 0.406 e.